The summed E-state index contributed by atoms with van der Waals surface area (Å²) in [7, 11) is 0. The van der Waals surface area contributed by atoms with Crippen molar-refractivity contribution in [2.45, 2.75) is 6.42 Å². The van der Waals surface area contributed by atoms with Crippen molar-refractivity contribution in [1.82, 2.24) is 29.5 Å². The molecule has 0 spiro atoms. The van der Waals surface area contributed by atoms with E-state index in [1.54, 1.807) is 6.20 Å². The fourth-order valence-electron chi connectivity index (χ4n) is 4.19. The molecule has 0 unspecified atom stereocenters. The van der Waals surface area contributed by atoms with Gasteiger partial charge in [0.05, 0.1) is 13.2 Å². The van der Waals surface area contributed by atoms with Crippen molar-refractivity contribution in [1.29, 1.82) is 0 Å². The molecule has 33 heavy (non-hydrogen) atoms. The van der Waals surface area contributed by atoms with Crippen molar-refractivity contribution < 1.29 is 4.74 Å². The van der Waals surface area contributed by atoms with Crippen molar-refractivity contribution in [3.63, 3.8) is 0 Å². The van der Waals surface area contributed by atoms with Gasteiger partial charge in [0.25, 0.3) is 0 Å². The van der Waals surface area contributed by atoms with E-state index in [0.29, 0.717) is 37.4 Å². The second-order valence-corrected chi connectivity index (χ2v) is 7.98. The molecule has 0 amide bonds. The van der Waals surface area contributed by atoms with Crippen LogP contribution in [0.5, 0.6) is 0 Å². The number of hydrogen-bond acceptors (Lipinski definition) is 6. The Balaban J connectivity index is 1.48. The molecule has 1 aliphatic rings. The Labute approximate surface area is 190 Å². The molecular formula is C25H23N7O. The molecule has 0 saturated carbocycles. The Morgan fingerprint density at radius 2 is 1.73 bits per heavy atom. The summed E-state index contributed by atoms with van der Waals surface area (Å²) in [4.78, 5) is 24.7. The van der Waals surface area contributed by atoms with Gasteiger partial charge in [-0.3, -0.25) is 4.57 Å². The maximum Gasteiger partial charge on any atom is 0.240 e. The Bertz CT molecular complexity index is 1390. The minimum Gasteiger partial charge on any atom is -0.378 e. The summed E-state index contributed by atoms with van der Waals surface area (Å²) >= 11 is 0. The van der Waals surface area contributed by atoms with Gasteiger partial charge in [0.2, 0.25) is 11.9 Å². The lowest BCUT2D eigenvalue weighted by molar-refractivity contribution is 0.122. The maximum atomic E-state index is 5.54. The number of hydrogen-bond donors (Lipinski definition) is 1. The molecule has 6 rings (SSSR count). The molecule has 2 aromatic carbocycles. The van der Waals surface area contributed by atoms with Gasteiger partial charge in [-0.15, -0.1) is 0 Å². The average Bonchev–Trinajstić information content (AvgIpc) is 3.54. The number of ether oxygens (including phenoxy) is 1. The summed E-state index contributed by atoms with van der Waals surface area (Å²) in [5.74, 6) is 2.75. The van der Waals surface area contributed by atoms with Crippen molar-refractivity contribution >= 4 is 16.9 Å². The number of fused-ring (bicyclic) bond motifs is 1. The number of morpholine rings is 1. The van der Waals surface area contributed by atoms with Crippen LogP contribution in [0.2, 0.25) is 0 Å². The number of benzene rings is 2. The number of nitrogens with one attached hydrogen (secondary N) is 1. The van der Waals surface area contributed by atoms with Crippen molar-refractivity contribution in [2.75, 3.05) is 31.2 Å². The predicted molar refractivity (Wildman–Crippen MR) is 127 cm³/mol. The third kappa shape index (κ3) is 3.85. The molecule has 3 aromatic heterocycles. The van der Waals surface area contributed by atoms with Gasteiger partial charge >= 0.3 is 0 Å². The van der Waals surface area contributed by atoms with Gasteiger partial charge in [0.1, 0.15) is 5.82 Å². The largest absolute Gasteiger partial charge is 0.378 e. The molecule has 0 radical (unpaired) electrons. The first-order valence-electron chi connectivity index (χ1n) is 11.1. The molecule has 1 aliphatic heterocycles. The number of aromatic nitrogens is 6. The van der Waals surface area contributed by atoms with E-state index < -0.39 is 0 Å². The molecule has 8 nitrogen and oxygen atoms in total. The first kappa shape index (κ1) is 19.6. The molecular weight excluding hydrogens is 414 g/mol. The average molecular weight is 438 g/mol. The van der Waals surface area contributed by atoms with Crippen LogP contribution in [0.1, 0.15) is 11.4 Å². The quantitative estimate of drug-likeness (QED) is 0.452. The molecule has 8 heteroatoms. The van der Waals surface area contributed by atoms with E-state index in [-0.39, 0.29) is 0 Å². The summed E-state index contributed by atoms with van der Waals surface area (Å²) in [6.07, 6.45) is 6.34. The van der Waals surface area contributed by atoms with Gasteiger partial charge in [-0.05, 0) is 17.7 Å². The highest BCUT2D eigenvalue weighted by Crippen LogP contribution is 2.27. The third-order valence-electron chi connectivity index (χ3n) is 5.88. The number of imidazole rings is 1. The minimum atomic E-state index is 0.567. The van der Waals surface area contributed by atoms with E-state index in [2.05, 4.69) is 45.2 Å². The van der Waals surface area contributed by atoms with Gasteiger partial charge < -0.3 is 14.6 Å². The van der Waals surface area contributed by atoms with Crippen LogP contribution in [0.25, 0.3) is 28.2 Å². The van der Waals surface area contributed by atoms with Crippen LogP contribution < -0.4 is 4.90 Å². The fraction of sp³-hybridized carbons (Fsp3) is 0.200. The van der Waals surface area contributed by atoms with Crippen LogP contribution in [0.4, 0.5) is 5.95 Å². The first-order chi connectivity index (χ1) is 16.3. The molecule has 0 bridgehead atoms. The van der Waals surface area contributed by atoms with Gasteiger partial charge in [-0.25, -0.2) is 4.98 Å². The first-order valence-corrected chi connectivity index (χ1v) is 11.1. The standard InChI is InChI=1S/C25H23N7O/c1-2-5-18(6-3-1)17-22-27-11-12-32(22)25-29-23(20-7-4-8-21-19(20)9-10-26-21)28-24(30-25)31-13-15-33-16-14-31/h1-12,26H,13-17H2. The third-order valence-corrected chi connectivity index (χ3v) is 5.88. The van der Waals surface area contributed by atoms with Gasteiger partial charge in [-0.2, -0.15) is 15.0 Å². The molecule has 1 fully saturated rings. The molecule has 4 heterocycles. The lowest BCUT2D eigenvalue weighted by Gasteiger charge is -2.27. The van der Waals surface area contributed by atoms with E-state index in [1.807, 2.05) is 41.2 Å². The van der Waals surface area contributed by atoms with E-state index in [4.69, 9.17) is 19.7 Å². The lowest BCUT2D eigenvalue weighted by atomic mass is 10.1. The zero-order chi connectivity index (χ0) is 22.0. The van der Waals surface area contributed by atoms with Gasteiger partial charge in [-0.1, -0.05) is 42.5 Å². The van der Waals surface area contributed by atoms with Gasteiger partial charge in [0, 0.05) is 54.6 Å². The minimum absolute atomic E-state index is 0.567. The maximum absolute atomic E-state index is 5.54. The molecule has 0 aliphatic carbocycles. The number of aromatic amines is 1. The highest BCUT2D eigenvalue weighted by Gasteiger charge is 2.20. The second kappa shape index (κ2) is 8.48. The number of anilines is 1. The van der Waals surface area contributed by atoms with Crippen LogP contribution >= 0.6 is 0 Å². The zero-order valence-electron chi connectivity index (χ0n) is 18.1. The van der Waals surface area contributed by atoms with Crippen LogP contribution in [0, 0.1) is 0 Å². The molecule has 0 atom stereocenters. The summed E-state index contributed by atoms with van der Waals surface area (Å²) < 4.78 is 7.50. The highest BCUT2D eigenvalue weighted by molar-refractivity contribution is 5.93. The normalized spacial score (nSPS) is 14.1. The lowest BCUT2D eigenvalue weighted by Crippen LogP contribution is -2.37. The number of H-pyrrole nitrogens is 1. The number of nitrogens with zero attached hydrogens (tertiary/aromatic N) is 6. The van der Waals surface area contributed by atoms with Crippen molar-refractivity contribution in [3.05, 3.63) is 84.6 Å². The van der Waals surface area contributed by atoms with Crippen molar-refractivity contribution in [2.24, 2.45) is 0 Å². The van der Waals surface area contributed by atoms with Crippen LogP contribution in [-0.4, -0.2) is 55.8 Å². The summed E-state index contributed by atoms with van der Waals surface area (Å²) in [6, 6.07) is 18.5. The summed E-state index contributed by atoms with van der Waals surface area (Å²) in [5.41, 5.74) is 3.20. The Morgan fingerprint density at radius 1 is 0.879 bits per heavy atom. The molecule has 5 aromatic rings. The molecule has 1 N–H and O–H groups in total. The topological polar surface area (TPSA) is 84.8 Å². The van der Waals surface area contributed by atoms with Crippen LogP contribution in [-0.2, 0) is 11.2 Å². The monoisotopic (exact) mass is 437 g/mol. The Morgan fingerprint density at radius 3 is 2.61 bits per heavy atom. The molecule has 164 valence electrons. The SMILES string of the molecule is c1ccc(Cc2nccn2-c2nc(-c3cccc4[nH]ccc34)nc(N3CCOCC3)n2)cc1. The predicted octanol–water partition coefficient (Wildman–Crippen LogP) is 3.63. The van der Waals surface area contributed by atoms with E-state index in [9.17, 15) is 0 Å². The highest BCUT2D eigenvalue weighted by atomic mass is 16.5. The van der Waals surface area contributed by atoms with E-state index in [1.165, 1.54) is 5.56 Å². The van der Waals surface area contributed by atoms with E-state index >= 15 is 0 Å². The van der Waals surface area contributed by atoms with Crippen molar-refractivity contribution in [3.8, 4) is 17.3 Å². The zero-order valence-corrected chi connectivity index (χ0v) is 18.1. The van der Waals surface area contributed by atoms with Crippen LogP contribution in [0.15, 0.2) is 73.2 Å². The number of rotatable bonds is 5. The second-order valence-electron chi connectivity index (χ2n) is 7.98. The summed E-state index contributed by atoms with van der Waals surface area (Å²) in [6.45, 7) is 2.82. The smallest absolute Gasteiger partial charge is 0.240 e. The Kier molecular flexibility index (Phi) is 5.04. The molecule has 1 saturated heterocycles. The summed E-state index contributed by atoms with van der Waals surface area (Å²) in [5, 5.41) is 1.08. The van der Waals surface area contributed by atoms with E-state index in [0.717, 1.165) is 35.4 Å². The fourth-order valence-corrected chi connectivity index (χ4v) is 4.19. The van der Waals surface area contributed by atoms with Crippen LogP contribution in [0.3, 0.4) is 0 Å². The van der Waals surface area contributed by atoms with Gasteiger partial charge in [0.15, 0.2) is 5.82 Å². The Hall–Kier alpha value is -4.04.